The number of benzene rings is 1. The van der Waals surface area contributed by atoms with E-state index >= 15 is 0 Å². The molecule has 1 unspecified atom stereocenters. The fourth-order valence-corrected chi connectivity index (χ4v) is 2.40. The number of nitrogens with zero attached hydrogens (tertiary/aromatic N) is 2. The number of esters is 1. The van der Waals surface area contributed by atoms with Crippen LogP contribution in [0.3, 0.4) is 0 Å². The van der Waals surface area contributed by atoms with E-state index < -0.39 is 5.92 Å². The number of pyridine rings is 1. The Bertz CT molecular complexity index is 707. The summed E-state index contributed by atoms with van der Waals surface area (Å²) < 4.78 is 4.75. The van der Waals surface area contributed by atoms with Gasteiger partial charge in [-0.05, 0) is 35.9 Å². The Labute approximate surface area is 151 Å². The van der Waals surface area contributed by atoms with Crippen molar-refractivity contribution in [1.29, 1.82) is 0 Å². The molecule has 0 aliphatic carbocycles. The monoisotopic (exact) mass is 361 g/mol. The highest BCUT2D eigenvalue weighted by Gasteiger charge is 2.22. The lowest BCUT2D eigenvalue weighted by Gasteiger charge is -2.25. The van der Waals surface area contributed by atoms with Crippen LogP contribution in [-0.2, 0) is 16.1 Å². The van der Waals surface area contributed by atoms with E-state index in [2.05, 4.69) is 10.3 Å². The molecule has 2 aromatic rings. The van der Waals surface area contributed by atoms with Gasteiger partial charge in [-0.15, -0.1) is 0 Å². The zero-order valence-corrected chi connectivity index (χ0v) is 14.9. The van der Waals surface area contributed by atoms with E-state index in [1.54, 1.807) is 54.5 Å². The Hall–Kier alpha value is -2.60. The minimum absolute atomic E-state index is 0.223. The molecule has 25 heavy (non-hydrogen) atoms. The number of hydrogen-bond acceptors (Lipinski definition) is 4. The first kappa shape index (κ1) is 18.7. The molecule has 2 rings (SSSR count). The van der Waals surface area contributed by atoms with E-state index in [0.29, 0.717) is 17.3 Å². The molecule has 1 heterocycles. The summed E-state index contributed by atoms with van der Waals surface area (Å²) in [4.78, 5) is 30.0. The highest BCUT2D eigenvalue weighted by molar-refractivity contribution is 6.30. The second-order valence-corrected chi connectivity index (χ2v) is 6.04. The molecule has 0 fully saturated rings. The lowest BCUT2D eigenvalue weighted by molar-refractivity contribution is -0.145. The van der Waals surface area contributed by atoms with Crippen molar-refractivity contribution in [3.8, 4) is 0 Å². The topological polar surface area (TPSA) is 71.5 Å². The van der Waals surface area contributed by atoms with Crippen LogP contribution in [0.5, 0.6) is 0 Å². The van der Waals surface area contributed by atoms with Crippen molar-refractivity contribution in [2.24, 2.45) is 5.92 Å². The molecule has 2 amide bonds. The number of amides is 2. The number of methoxy groups -OCH3 is 1. The number of rotatable bonds is 6. The van der Waals surface area contributed by atoms with Crippen LogP contribution in [0, 0.1) is 5.92 Å². The van der Waals surface area contributed by atoms with Gasteiger partial charge in [0.2, 0.25) is 0 Å². The van der Waals surface area contributed by atoms with Gasteiger partial charge in [0.05, 0.1) is 13.0 Å². The van der Waals surface area contributed by atoms with Crippen molar-refractivity contribution in [2.45, 2.75) is 13.5 Å². The SMILES string of the molecule is COC(=O)C(C)CN(Cc1cccnc1)C(=O)Nc1ccc(Cl)cc1. The lowest BCUT2D eigenvalue weighted by Crippen LogP contribution is -2.39. The van der Waals surface area contributed by atoms with E-state index in [0.717, 1.165) is 5.56 Å². The van der Waals surface area contributed by atoms with Crippen molar-refractivity contribution >= 4 is 29.3 Å². The summed E-state index contributed by atoms with van der Waals surface area (Å²) in [6.45, 7) is 2.27. The number of anilines is 1. The van der Waals surface area contributed by atoms with Crippen LogP contribution in [0.4, 0.5) is 10.5 Å². The van der Waals surface area contributed by atoms with Gasteiger partial charge in [-0.25, -0.2) is 4.79 Å². The molecule has 0 saturated heterocycles. The van der Waals surface area contributed by atoms with Crippen LogP contribution in [0.1, 0.15) is 12.5 Å². The van der Waals surface area contributed by atoms with Crippen molar-refractivity contribution in [3.63, 3.8) is 0 Å². The van der Waals surface area contributed by atoms with Crippen LogP contribution in [0.25, 0.3) is 0 Å². The first-order valence-electron chi connectivity index (χ1n) is 7.78. The van der Waals surface area contributed by atoms with Gasteiger partial charge in [-0.3, -0.25) is 9.78 Å². The minimum Gasteiger partial charge on any atom is -0.469 e. The molecule has 0 aliphatic heterocycles. The quantitative estimate of drug-likeness (QED) is 0.798. The highest BCUT2D eigenvalue weighted by atomic mass is 35.5. The van der Waals surface area contributed by atoms with E-state index in [-0.39, 0.29) is 18.5 Å². The average Bonchev–Trinajstić information content (AvgIpc) is 2.63. The van der Waals surface area contributed by atoms with Crippen LogP contribution < -0.4 is 5.32 Å². The summed E-state index contributed by atoms with van der Waals surface area (Å²) in [5.74, 6) is -0.812. The lowest BCUT2D eigenvalue weighted by atomic mass is 10.1. The van der Waals surface area contributed by atoms with Crippen LogP contribution >= 0.6 is 11.6 Å². The van der Waals surface area contributed by atoms with Gasteiger partial charge in [-0.2, -0.15) is 0 Å². The van der Waals surface area contributed by atoms with E-state index in [1.165, 1.54) is 7.11 Å². The molecule has 7 heteroatoms. The van der Waals surface area contributed by atoms with Gasteiger partial charge >= 0.3 is 12.0 Å². The molecule has 0 saturated carbocycles. The second kappa shape index (κ2) is 9.03. The number of hydrogen-bond donors (Lipinski definition) is 1. The Balaban J connectivity index is 2.12. The van der Waals surface area contributed by atoms with E-state index in [1.807, 2.05) is 6.07 Å². The zero-order chi connectivity index (χ0) is 18.2. The smallest absolute Gasteiger partial charge is 0.322 e. The van der Waals surface area contributed by atoms with Gasteiger partial charge in [0.25, 0.3) is 0 Å². The molecule has 132 valence electrons. The summed E-state index contributed by atoms with van der Waals surface area (Å²) in [5, 5.41) is 3.40. The molecule has 6 nitrogen and oxygen atoms in total. The Morgan fingerprint density at radius 2 is 2.00 bits per heavy atom. The predicted octanol–water partition coefficient (Wildman–Crippen LogP) is 3.58. The first-order chi connectivity index (χ1) is 12.0. The van der Waals surface area contributed by atoms with Crippen LogP contribution in [0.15, 0.2) is 48.8 Å². The van der Waals surface area contributed by atoms with Gasteiger partial charge in [-0.1, -0.05) is 24.6 Å². The fraction of sp³-hybridized carbons (Fsp3) is 0.278. The third-order valence-electron chi connectivity index (χ3n) is 3.58. The molecule has 1 aromatic heterocycles. The first-order valence-corrected chi connectivity index (χ1v) is 8.15. The maximum atomic E-state index is 12.7. The Morgan fingerprint density at radius 3 is 2.60 bits per heavy atom. The Morgan fingerprint density at radius 1 is 1.28 bits per heavy atom. The maximum absolute atomic E-state index is 12.7. The van der Waals surface area contributed by atoms with Crippen molar-refractivity contribution in [3.05, 3.63) is 59.4 Å². The normalized spacial score (nSPS) is 11.5. The average molecular weight is 362 g/mol. The number of ether oxygens (including phenoxy) is 1. The van der Waals surface area contributed by atoms with E-state index in [4.69, 9.17) is 16.3 Å². The molecule has 0 bridgehead atoms. The van der Waals surface area contributed by atoms with Crippen LogP contribution in [-0.4, -0.2) is 35.5 Å². The third kappa shape index (κ3) is 5.76. The molecular weight excluding hydrogens is 342 g/mol. The highest BCUT2D eigenvalue weighted by Crippen LogP contribution is 2.15. The third-order valence-corrected chi connectivity index (χ3v) is 3.83. The van der Waals surface area contributed by atoms with Gasteiger partial charge in [0.15, 0.2) is 0 Å². The minimum atomic E-state index is -0.447. The van der Waals surface area contributed by atoms with Crippen molar-refractivity contribution in [1.82, 2.24) is 9.88 Å². The van der Waals surface area contributed by atoms with E-state index in [9.17, 15) is 9.59 Å². The molecule has 1 N–H and O–H groups in total. The number of aromatic nitrogens is 1. The number of nitrogens with one attached hydrogen (secondary N) is 1. The summed E-state index contributed by atoms with van der Waals surface area (Å²) in [7, 11) is 1.33. The fourth-order valence-electron chi connectivity index (χ4n) is 2.27. The summed E-state index contributed by atoms with van der Waals surface area (Å²) in [5.41, 5.74) is 1.49. The number of urea groups is 1. The molecular formula is C18H20ClN3O3. The van der Waals surface area contributed by atoms with Gasteiger partial charge in [0, 0.05) is 36.2 Å². The summed E-state index contributed by atoms with van der Waals surface area (Å²) >= 11 is 5.86. The van der Waals surface area contributed by atoms with Crippen molar-refractivity contribution < 1.29 is 14.3 Å². The predicted molar refractivity (Wildman–Crippen MR) is 96.3 cm³/mol. The molecule has 0 spiro atoms. The zero-order valence-electron chi connectivity index (χ0n) is 14.1. The Kier molecular flexibility index (Phi) is 6.77. The molecule has 1 aromatic carbocycles. The van der Waals surface area contributed by atoms with Crippen molar-refractivity contribution in [2.75, 3.05) is 19.0 Å². The van der Waals surface area contributed by atoms with Gasteiger partial charge < -0.3 is 15.0 Å². The maximum Gasteiger partial charge on any atom is 0.322 e. The number of halogens is 1. The second-order valence-electron chi connectivity index (χ2n) is 5.60. The van der Waals surface area contributed by atoms with Crippen LogP contribution in [0.2, 0.25) is 5.02 Å². The van der Waals surface area contributed by atoms with Gasteiger partial charge in [0.1, 0.15) is 0 Å². The standard InChI is InChI=1S/C18H20ClN3O3/c1-13(17(23)25-2)11-22(12-14-4-3-9-20-10-14)18(24)21-16-7-5-15(19)6-8-16/h3-10,13H,11-12H2,1-2H3,(H,21,24). The summed E-state index contributed by atoms with van der Waals surface area (Å²) in [6.07, 6.45) is 3.35. The number of carbonyl (C=O) groups is 2. The molecule has 1 atom stereocenters. The summed E-state index contributed by atoms with van der Waals surface area (Å²) in [6, 6.07) is 10.2. The molecule has 0 aliphatic rings. The molecule has 0 radical (unpaired) electrons. The largest absolute Gasteiger partial charge is 0.469 e. The number of carbonyl (C=O) groups excluding carboxylic acids is 2.